The Bertz CT molecular complexity index is 1680. The predicted octanol–water partition coefficient (Wildman–Crippen LogP) is 9.32. The van der Waals surface area contributed by atoms with Gasteiger partial charge in [-0.05, 0) is 16.7 Å². The maximum Gasteiger partial charge on any atom is 0.203 e. The molecule has 0 aliphatic carbocycles. The van der Waals surface area contributed by atoms with Crippen molar-refractivity contribution >= 4 is 5.69 Å². The summed E-state index contributed by atoms with van der Waals surface area (Å²) in [5.74, 6) is -40.7. The van der Waals surface area contributed by atoms with Gasteiger partial charge in [-0.25, -0.2) is 70.7 Å². The molecule has 4 rings (SSSR count). The van der Waals surface area contributed by atoms with Crippen LogP contribution in [0.5, 0.6) is 0 Å². The molecule has 0 N–H and O–H groups in total. The van der Waals surface area contributed by atoms with Crippen LogP contribution in [0.25, 0.3) is 38.2 Å². The summed E-state index contributed by atoms with van der Waals surface area (Å²) in [4.78, 5) is 2.59. The second-order valence-corrected chi connectivity index (χ2v) is 7.87. The topological polar surface area (TPSA) is 4.36 Å². The lowest BCUT2D eigenvalue weighted by molar-refractivity contribution is 0.381. The molecule has 0 heterocycles. The molecule has 0 saturated heterocycles. The molecule has 0 aromatic heterocycles. The van der Waals surface area contributed by atoms with Gasteiger partial charge in [0.2, 0.25) is 23.1 Å². The first-order valence-electron chi connectivity index (χ1n) is 10.2. The van der Waals surface area contributed by atoms with Crippen LogP contribution in [0.15, 0.2) is 12.1 Å². The smallest absolute Gasteiger partial charge is 0.203 e. The summed E-state index contributed by atoms with van der Waals surface area (Å²) in [5.41, 5.74) is -12.8. The van der Waals surface area contributed by atoms with Gasteiger partial charge in [-0.15, -0.1) is 0 Å². The van der Waals surface area contributed by atoms with Gasteiger partial charge in [-0.2, -0.15) is 0 Å². The zero-order valence-electron chi connectivity index (χ0n) is 18.8. The van der Waals surface area contributed by atoms with Crippen molar-refractivity contribution in [2.45, 2.75) is 0 Å². The van der Waals surface area contributed by atoms with Crippen molar-refractivity contribution in [3.05, 3.63) is 111 Å². The number of rotatable bonds is 3. The molecule has 0 amide bonds. The van der Waals surface area contributed by atoms with E-state index in [4.69, 9.17) is 6.57 Å². The average Bonchev–Trinajstić information content (AvgIpc) is 2.95. The minimum absolute atomic E-state index is 0.0561. The van der Waals surface area contributed by atoms with E-state index in [1.54, 1.807) is 0 Å². The molecule has 0 unspecified atom stereocenters. The maximum atomic E-state index is 14.7. The van der Waals surface area contributed by atoms with Crippen molar-refractivity contribution in [3.63, 3.8) is 0 Å². The molecule has 0 fully saturated rings. The largest absolute Gasteiger partial charge is 0.237 e. The Morgan fingerprint density at radius 3 is 0.805 bits per heavy atom. The van der Waals surface area contributed by atoms with Crippen molar-refractivity contribution < 1.29 is 65.9 Å². The molecule has 0 atom stereocenters. The lowest BCUT2D eigenvalue weighted by atomic mass is 9.89. The molecule has 1 nitrogen and oxygen atoms in total. The van der Waals surface area contributed by atoms with Crippen LogP contribution in [0, 0.1) is 93.8 Å². The zero-order chi connectivity index (χ0) is 30.8. The molecule has 0 bridgehead atoms. The van der Waals surface area contributed by atoms with Gasteiger partial charge in [0.1, 0.15) is 0 Å². The SMILES string of the molecule is [C-]#[N+]c1c(-c2c(F)c(F)c(F)c(F)c2F)cc(-c2c(F)c(F)c(F)c(F)c2F)cc1-c1c(F)c(F)c(F)c(F)c1F. The van der Waals surface area contributed by atoms with E-state index in [0.717, 1.165) is 0 Å². The van der Waals surface area contributed by atoms with Gasteiger partial charge in [0.25, 0.3) is 0 Å². The second-order valence-electron chi connectivity index (χ2n) is 7.87. The highest BCUT2D eigenvalue weighted by Crippen LogP contribution is 2.48. The minimum atomic E-state index is -2.77. The highest BCUT2D eigenvalue weighted by Gasteiger charge is 2.34. The van der Waals surface area contributed by atoms with Crippen molar-refractivity contribution in [1.29, 1.82) is 0 Å². The number of hydrogen-bond donors (Lipinski definition) is 0. The van der Waals surface area contributed by atoms with Gasteiger partial charge >= 0.3 is 0 Å². The zero-order valence-corrected chi connectivity index (χ0v) is 18.8. The molecule has 16 heteroatoms. The van der Waals surface area contributed by atoms with Gasteiger partial charge < -0.3 is 0 Å². The molecule has 0 spiro atoms. The van der Waals surface area contributed by atoms with Gasteiger partial charge in [0, 0.05) is 11.1 Å². The van der Waals surface area contributed by atoms with Crippen LogP contribution < -0.4 is 0 Å². The van der Waals surface area contributed by atoms with E-state index in [1.165, 1.54) is 0 Å². The lowest BCUT2D eigenvalue weighted by Gasteiger charge is -2.18. The summed E-state index contributed by atoms with van der Waals surface area (Å²) >= 11 is 0. The minimum Gasteiger partial charge on any atom is -0.237 e. The summed E-state index contributed by atoms with van der Waals surface area (Å²) in [6, 6.07) is -0.112. The van der Waals surface area contributed by atoms with Crippen molar-refractivity contribution in [2.75, 3.05) is 0 Å². The number of benzene rings is 4. The first-order chi connectivity index (χ1) is 19.1. The van der Waals surface area contributed by atoms with Crippen LogP contribution in [0.1, 0.15) is 0 Å². The lowest BCUT2D eigenvalue weighted by Crippen LogP contribution is -2.07. The Morgan fingerprint density at radius 1 is 0.341 bits per heavy atom. The molecule has 212 valence electrons. The highest BCUT2D eigenvalue weighted by molar-refractivity contribution is 5.95. The van der Waals surface area contributed by atoms with E-state index >= 15 is 0 Å². The van der Waals surface area contributed by atoms with Crippen LogP contribution in [-0.4, -0.2) is 0 Å². The average molecular weight is 601 g/mol. The molecule has 0 aliphatic rings. The molecular formula is C25H2F15N. The van der Waals surface area contributed by atoms with Gasteiger partial charge in [0.05, 0.1) is 12.1 Å². The fraction of sp³-hybridized carbons (Fsp3) is 0. The molecule has 0 aliphatic heterocycles. The van der Waals surface area contributed by atoms with Crippen molar-refractivity contribution in [1.82, 2.24) is 0 Å². The van der Waals surface area contributed by atoms with Crippen LogP contribution in [-0.2, 0) is 0 Å². The summed E-state index contributed by atoms with van der Waals surface area (Å²) in [7, 11) is 0. The number of nitrogens with zero attached hydrogens (tertiary/aromatic N) is 1. The van der Waals surface area contributed by atoms with Crippen LogP contribution >= 0.6 is 0 Å². The molecule has 4 aromatic rings. The Morgan fingerprint density at radius 2 is 0.561 bits per heavy atom. The van der Waals surface area contributed by atoms with Gasteiger partial charge in [-0.1, -0.05) is 12.1 Å². The highest BCUT2D eigenvalue weighted by atomic mass is 19.2. The normalized spacial score (nSPS) is 11.3. The monoisotopic (exact) mass is 601 g/mol. The summed E-state index contributed by atoms with van der Waals surface area (Å²) in [5, 5.41) is 0. The predicted molar refractivity (Wildman–Crippen MR) is 108 cm³/mol. The van der Waals surface area contributed by atoms with E-state index in [9.17, 15) is 65.9 Å². The third-order valence-electron chi connectivity index (χ3n) is 5.68. The second kappa shape index (κ2) is 10.1. The Balaban J connectivity index is 2.33. The summed E-state index contributed by atoms with van der Waals surface area (Å²) in [6.07, 6.45) is 0. The van der Waals surface area contributed by atoms with Gasteiger partial charge in [-0.3, -0.25) is 0 Å². The number of halogens is 15. The Hall–Kier alpha value is -4.68. The molecule has 0 saturated carbocycles. The van der Waals surface area contributed by atoms with E-state index in [0.29, 0.717) is 0 Å². The Labute approximate surface area is 216 Å². The van der Waals surface area contributed by atoms with Crippen LogP contribution in [0.2, 0.25) is 0 Å². The van der Waals surface area contributed by atoms with Gasteiger partial charge in [0.15, 0.2) is 69.8 Å². The summed E-state index contributed by atoms with van der Waals surface area (Å²) in [6.45, 7) is 7.26. The molecule has 41 heavy (non-hydrogen) atoms. The maximum absolute atomic E-state index is 14.7. The standard InChI is InChI=1S/C25H2F15N/c1-41-25-5(8-12(28)18(34)23(39)19(35)13(8)29)2-4(7-10(26)16(32)22(38)17(33)11(7)27)3-6(25)9-14(30)20(36)24(40)21(37)15(9)31/h2-3H. The van der Waals surface area contributed by atoms with Crippen molar-refractivity contribution in [3.8, 4) is 33.4 Å². The van der Waals surface area contributed by atoms with Crippen LogP contribution in [0.4, 0.5) is 71.5 Å². The summed E-state index contributed by atoms with van der Waals surface area (Å²) < 4.78 is 212. The van der Waals surface area contributed by atoms with E-state index in [-0.39, 0.29) is 12.1 Å². The van der Waals surface area contributed by atoms with Crippen LogP contribution in [0.3, 0.4) is 0 Å². The molecule has 4 aromatic carbocycles. The van der Waals surface area contributed by atoms with Crippen molar-refractivity contribution in [2.24, 2.45) is 0 Å². The molecular weight excluding hydrogens is 599 g/mol. The first-order valence-corrected chi connectivity index (χ1v) is 10.2. The fourth-order valence-electron chi connectivity index (χ4n) is 3.82. The van der Waals surface area contributed by atoms with E-state index in [1.807, 2.05) is 0 Å². The molecule has 0 radical (unpaired) electrons. The third-order valence-corrected chi connectivity index (χ3v) is 5.68. The van der Waals surface area contributed by atoms with E-state index in [2.05, 4.69) is 4.85 Å². The number of hydrogen-bond acceptors (Lipinski definition) is 0. The fourth-order valence-corrected chi connectivity index (χ4v) is 3.82. The quantitative estimate of drug-likeness (QED) is 0.0955. The first kappa shape index (κ1) is 29.3. The van der Waals surface area contributed by atoms with E-state index < -0.39 is 126 Å². The third kappa shape index (κ3) is 4.14. The Kier molecular flexibility index (Phi) is 7.19.